The van der Waals surface area contributed by atoms with Gasteiger partial charge in [0.05, 0.1) is 0 Å². The van der Waals surface area contributed by atoms with E-state index in [1.54, 1.807) is 4.90 Å². The molecule has 7 heteroatoms. The zero-order chi connectivity index (χ0) is 20.3. The molecular formula is C21H29N3O4. The fraction of sp³-hybridized carbons (Fsp3) is 0.571. The molecule has 7 nitrogen and oxygen atoms in total. The third kappa shape index (κ3) is 4.64. The first-order chi connectivity index (χ1) is 13.3. The fourth-order valence-electron chi connectivity index (χ4n) is 3.80. The molecule has 1 aromatic rings. The zero-order valence-corrected chi connectivity index (χ0v) is 16.8. The van der Waals surface area contributed by atoms with Crippen molar-refractivity contribution in [2.75, 3.05) is 18.4 Å². The molecule has 2 saturated heterocycles. The highest BCUT2D eigenvalue weighted by molar-refractivity contribution is 5.98. The molecular weight excluding hydrogens is 358 g/mol. The molecule has 2 aliphatic rings. The van der Waals surface area contributed by atoms with Crippen LogP contribution in [0.4, 0.5) is 10.5 Å². The molecule has 2 fully saturated rings. The van der Waals surface area contributed by atoms with Crippen molar-refractivity contribution in [3.05, 3.63) is 30.3 Å². The van der Waals surface area contributed by atoms with Crippen LogP contribution in [-0.2, 0) is 14.3 Å². The van der Waals surface area contributed by atoms with E-state index in [1.807, 2.05) is 51.1 Å². The minimum Gasteiger partial charge on any atom is -0.444 e. The van der Waals surface area contributed by atoms with Gasteiger partial charge in [0.15, 0.2) is 0 Å². The second-order valence-corrected chi connectivity index (χ2v) is 8.38. The standard InChI is InChI=1S/C21H29N3O4/c1-21(2,3)28-20(27)24-14-8-12-17(24)19(26)23-13-7-11-16(23)18(25)22-15-9-5-4-6-10-15/h4-6,9-10,16-17H,7-8,11-14H2,1-3H3,(H,22,25)/t16?,17-/m0/s1. The van der Waals surface area contributed by atoms with Gasteiger partial charge >= 0.3 is 6.09 Å². The number of amides is 3. The molecule has 0 bridgehead atoms. The van der Waals surface area contributed by atoms with E-state index >= 15 is 0 Å². The minimum absolute atomic E-state index is 0.158. The van der Waals surface area contributed by atoms with Crippen LogP contribution >= 0.6 is 0 Å². The first-order valence-corrected chi connectivity index (χ1v) is 9.92. The van der Waals surface area contributed by atoms with Crippen LogP contribution < -0.4 is 5.32 Å². The SMILES string of the molecule is CC(C)(C)OC(=O)N1CCC[C@H]1C(=O)N1CCCC1C(=O)Nc1ccccc1. The van der Waals surface area contributed by atoms with Crippen molar-refractivity contribution in [3.8, 4) is 0 Å². The van der Waals surface area contributed by atoms with E-state index in [1.165, 1.54) is 4.90 Å². The molecule has 2 atom stereocenters. The fourth-order valence-corrected chi connectivity index (χ4v) is 3.80. The molecule has 28 heavy (non-hydrogen) atoms. The van der Waals surface area contributed by atoms with Crippen molar-refractivity contribution >= 4 is 23.6 Å². The average Bonchev–Trinajstić information content (AvgIpc) is 3.30. The molecule has 1 N–H and O–H groups in total. The Labute approximate surface area is 166 Å². The lowest BCUT2D eigenvalue weighted by atomic mass is 10.1. The van der Waals surface area contributed by atoms with Crippen LogP contribution in [0.25, 0.3) is 0 Å². The van der Waals surface area contributed by atoms with Crippen LogP contribution in [0.1, 0.15) is 46.5 Å². The highest BCUT2D eigenvalue weighted by Crippen LogP contribution is 2.27. The van der Waals surface area contributed by atoms with Crippen LogP contribution in [0.3, 0.4) is 0 Å². The van der Waals surface area contributed by atoms with Crippen molar-refractivity contribution in [1.29, 1.82) is 0 Å². The number of carbonyl (C=O) groups is 3. The number of likely N-dealkylation sites (tertiary alicyclic amines) is 2. The predicted octanol–water partition coefficient (Wildman–Crippen LogP) is 3.02. The number of ether oxygens (including phenoxy) is 1. The lowest BCUT2D eigenvalue weighted by Gasteiger charge is -2.32. The Hall–Kier alpha value is -2.57. The zero-order valence-electron chi connectivity index (χ0n) is 16.8. The van der Waals surface area contributed by atoms with Crippen molar-refractivity contribution in [3.63, 3.8) is 0 Å². The van der Waals surface area contributed by atoms with E-state index in [-0.39, 0.29) is 11.8 Å². The predicted molar refractivity (Wildman–Crippen MR) is 106 cm³/mol. The molecule has 3 amide bonds. The number of para-hydroxylation sites is 1. The third-order valence-electron chi connectivity index (χ3n) is 5.05. The second kappa shape index (κ2) is 8.20. The van der Waals surface area contributed by atoms with E-state index < -0.39 is 23.8 Å². The molecule has 2 aliphatic heterocycles. The summed E-state index contributed by atoms with van der Waals surface area (Å²) in [4.78, 5) is 41.6. The third-order valence-corrected chi connectivity index (χ3v) is 5.05. The lowest BCUT2D eigenvalue weighted by molar-refractivity contribution is -0.140. The summed E-state index contributed by atoms with van der Waals surface area (Å²) in [5.41, 5.74) is 0.0991. The summed E-state index contributed by atoms with van der Waals surface area (Å²) in [5, 5.41) is 2.89. The van der Waals surface area contributed by atoms with Crippen LogP contribution in [0.2, 0.25) is 0 Å². The Morgan fingerprint density at radius 1 is 0.964 bits per heavy atom. The molecule has 3 rings (SSSR count). The van der Waals surface area contributed by atoms with Gasteiger partial charge in [-0.05, 0) is 58.6 Å². The molecule has 0 aromatic heterocycles. The van der Waals surface area contributed by atoms with E-state index in [2.05, 4.69) is 5.32 Å². The lowest BCUT2D eigenvalue weighted by Crippen LogP contribution is -2.52. The summed E-state index contributed by atoms with van der Waals surface area (Å²) >= 11 is 0. The Morgan fingerprint density at radius 2 is 1.57 bits per heavy atom. The molecule has 0 saturated carbocycles. The van der Waals surface area contributed by atoms with Gasteiger partial charge in [-0.2, -0.15) is 0 Å². The van der Waals surface area contributed by atoms with E-state index in [0.717, 1.165) is 12.8 Å². The number of hydrogen-bond donors (Lipinski definition) is 1. The first kappa shape index (κ1) is 20.2. The van der Waals surface area contributed by atoms with Crippen molar-refractivity contribution in [2.45, 2.75) is 64.1 Å². The van der Waals surface area contributed by atoms with Crippen LogP contribution in [-0.4, -0.2) is 58.5 Å². The van der Waals surface area contributed by atoms with Crippen LogP contribution in [0.5, 0.6) is 0 Å². The van der Waals surface area contributed by atoms with Gasteiger partial charge in [0.25, 0.3) is 0 Å². The topological polar surface area (TPSA) is 79.0 Å². The van der Waals surface area contributed by atoms with Gasteiger partial charge < -0.3 is 15.0 Å². The normalized spacial score (nSPS) is 22.2. The molecule has 1 aromatic carbocycles. The molecule has 0 spiro atoms. The van der Waals surface area contributed by atoms with Crippen molar-refractivity contribution in [1.82, 2.24) is 9.80 Å². The van der Waals surface area contributed by atoms with E-state index in [4.69, 9.17) is 4.74 Å². The van der Waals surface area contributed by atoms with E-state index in [9.17, 15) is 14.4 Å². The number of nitrogens with one attached hydrogen (secondary N) is 1. The first-order valence-electron chi connectivity index (χ1n) is 9.92. The van der Waals surface area contributed by atoms with Crippen LogP contribution in [0.15, 0.2) is 30.3 Å². The Bertz CT molecular complexity index is 729. The molecule has 2 heterocycles. The van der Waals surface area contributed by atoms with Gasteiger partial charge in [-0.1, -0.05) is 18.2 Å². The second-order valence-electron chi connectivity index (χ2n) is 8.38. The summed E-state index contributed by atoms with van der Waals surface area (Å²) < 4.78 is 5.45. The summed E-state index contributed by atoms with van der Waals surface area (Å²) in [5.74, 6) is -0.340. The highest BCUT2D eigenvalue weighted by atomic mass is 16.6. The van der Waals surface area contributed by atoms with Crippen molar-refractivity contribution < 1.29 is 19.1 Å². The Balaban J connectivity index is 1.68. The van der Waals surface area contributed by atoms with Gasteiger partial charge in [-0.25, -0.2) is 4.79 Å². The molecule has 0 radical (unpaired) electrons. The summed E-state index contributed by atoms with van der Waals surface area (Å²) in [6.07, 6.45) is 2.29. The van der Waals surface area contributed by atoms with Gasteiger partial charge in [0.2, 0.25) is 11.8 Å². The Morgan fingerprint density at radius 3 is 2.21 bits per heavy atom. The maximum absolute atomic E-state index is 13.2. The quantitative estimate of drug-likeness (QED) is 0.865. The maximum Gasteiger partial charge on any atom is 0.410 e. The monoisotopic (exact) mass is 387 g/mol. The summed E-state index contributed by atoms with van der Waals surface area (Å²) in [6, 6.07) is 8.16. The van der Waals surface area contributed by atoms with E-state index in [0.29, 0.717) is 31.6 Å². The molecule has 0 aliphatic carbocycles. The van der Waals surface area contributed by atoms with Gasteiger partial charge in [0, 0.05) is 18.8 Å². The average molecular weight is 387 g/mol. The van der Waals surface area contributed by atoms with Gasteiger partial charge in [-0.15, -0.1) is 0 Å². The highest BCUT2D eigenvalue weighted by Gasteiger charge is 2.43. The largest absolute Gasteiger partial charge is 0.444 e. The summed E-state index contributed by atoms with van der Waals surface area (Å²) in [6.45, 7) is 6.46. The number of hydrogen-bond acceptors (Lipinski definition) is 4. The van der Waals surface area contributed by atoms with Gasteiger partial charge in [0.1, 0.15) is 17.7 Å². The van der Waals surface area contributed by atoms with Crippen molar-refractivity contribution in [2.24, 2.45) is 0 Å². The minimum atomic E-state index is -0.612. The number of anilines is 1. The Kier molecular flexibility index (Phi) is 5.91. The number of benzene rings is 1. The summed E-state index contributed by atoms with van der Waals surface area (Å²) in [7, 11) is 0. The van der Waals surface area contributed by atoms with Gasteiger partial charge in [-0.3, -0.25) is 14.5 Å². The van der Waals surface area contributed by atoms with Crippen LogP contribution in [0, 0.1) is 0 Å². The maximum atomic E-state index is 13.2. The number of carbonyl (C=O) groups excluding carboxylic acids is 3. The smallest absolute Gasteiger partial charge is 0.410 e. The number of nitrogens with zero attached hydrogens (tertiary/aromatic N) is 2. The molecule has 152 valence electrons. The molecule has 1 unspecified atom stereocenters. The number of rotatable bonds is 3.